The monoisotopic (exact) mass is 410 g/mol. The van der Waals surface area contributed by atoms with Crippen molar-refractivity contribution in [2.75, 3.05) is 0 Å². The number of rotatable bonds is 4. The van der Waals surface area contributed by atoms with Gasteiger partial charge in [-0.15, -0.1) is 0 Å². The van der Waals surface area contributed by atoms with Gasteiger partial charge in [0.2, 0.25) is 5.28 Å². The fourth-order valence-electron chi connectivity index (χ4n) is 3.28. The summed E-state index contributed by atoms with van der Waals surface area (Å²) in [5.41, 5.74) is 2.17. The van der Waals surface area contributed by atoms with Crippen LogP contribution in [0.25, 0.3) is 22.1 Å². The van der Waals surface area contributed by atoms with Gasteiger partial charge in [0.1, 0.15) is 0 Å². The van der Waals surface area contributed by atoms with Crippen LogP contribution in [0.4, 0.5) is 0 Å². The van der Waals surface area contributed by atoms with Crippen molar-refractivity contribution in [3.8, 4) is 0 Å². The Labute approximate surface area is 170 Å². The molecule has 9 heteroatoms. The molecule has 8 nitrogen and oxygen atoms in total. The SMILES string of the molecule is CC(C)=CCn1c(Cl)nc2c1c(=O)n(Cc1cnnc3ccccc13)c(=O)n2C. The molecule has 0 saturated carbocycles. The summed E-state index contributed by atoms with van der Waals surface area (Å²) in [6.07, 6.45) is 3.52. The number of imidazole rings is 1. The molecule has 3 aromatic heterocycles. The van der Waals surface area contributed by atoms with Crippen LogP contribution in [-0.4, -0.2) is 28.9 Å². The van der Waals surface area contributed by atoms with Crippen LogP contribution in [0.15, 0.2) is 51.7 Å². The quantitative estimate of drug-likeness (QED) is 0.381. The fourth-order valence-corrected chi connectivity index (χ4v) is 3.52. The fraction of sp³-hybridized carbons (Fsp3) is 0.250. The second-order valence-corrected chi connectivity index (χ2v) is 7.40. The van der Waals surface area contributed by atoms with E-state index in [1.807, 2.05) is 44.2 Å². The van der Waals surface area contributed by atoms with Crippen molar-refractivity contribution in [1.82, 2.24) is 28.9 Å². The van der Waals surface area contributed by atoms with Crippen molar-refractivity contribution in [1.29, 1.82) is 0 Å². The smallest absolute Gasteiger partial charge is 0.305 e. The Kier molecular flexibility index (Phi) is 4.79. The molecular weight excluding hydrogens is 392 g/mol. The van der Waals surface area contributed by atoms with Crippen molar-refractivity contribution in [2.45, 2.75) is 26.9 Å². The summed E-state index contributed by atoms with van der Waals surface area (Å²) >= 11 is 6.28. The Morgan fingerprint density at radius 1 is 1.17 bits per heavy atom. The number of nitrogens with zero attached hydrogens (tertiary/aromatic N) is 6. The van der Waals surface area contributed by atoms with Crippen molar-refractivity contribution in [2.24, 2.45) is 7.05 Å². The zero-order valence-corrected chi connectivity index (χ0v) is 17.0. The van der Waals surface area contributed by atoms with Crippen LogP contribution in [0.1, 0.15) is 19.4 Å². The molecule has 4 aromatic rings. The first kappa shape index (κ1) is 19.1. The maximum atomic E-state index is 13.3. The molecule has 0 saturated heterocycles. The molecule has 0 atom stereocenters. The Balaban J connectivity index is 1.95. The second kappa shape index (κ2) is 7.29. The number of hydrogen-bond acceptors (Lipinski definition) is 5. The highest BCUT2D eigenvalue weighted by atomic mass is 35.5. The van der Waals surface area contributed by atoms with E-state index in [-0.39, 0.29) is 17.5 Å². The Morgan fingerprint density at radius 3 is 2.69 bits per heavy atom. The van der Waals surface area contributed by atoms with Gasteiger partial charge in [-0.25, -0.2) is 4.79 Å². The number of hydrogen-bond donors (Lipinski definition) is 0. The number of halogens is 1. The van der Waals surface area contributed by atoms with E-state index in [4.69, 9.17) is 11.6 Å². The topological polar surface area (TPSA) is 87.6 Å². The van der Waals surface area contributed by atoms with E-state index >= 15 is 0 Å². The first-order valence-electron chi connectivity index (χ1n) is 9.06. The predicted molar refractivity (Wildman–Crippen MR) is 112 cm³/mol. The van der Waals surface area contributed by atoms with Crippen LogP contribution < -0.4 is 11.2 Å². The highest BCUT2D eigenvalue weighted by molar-refractivity contribution is 6.29. The van der Waals surface area contributed by atoms with Gasteiger partial charge in [0, 0.05) is 24.5 Å². The molecule has 3 heterocycles. The van der Waals surface area contributed by atoms with Gasteiger partial charge in [-0.1, -0.05) is 29.8 Å². The van der Waals surface area contributed by atoms with Gasteiger partial charge in [-0.05, 0) is 31.5 Å². The van der Waals surface area contributed by atoms with Crippen LogP contribution in [0.5, 0.6) is 0 Å². The minimum Gasteiger partial charge on any atom is -0.305 e. The minimum atomic E-state index is -0.466. The number of aromatic nitrogens is 6. The molecule has 0 aliphatic carbocycles. The average molecular weight is 411 g/mol. The molecule has 148 valence electrons. The summed E-state index contributed by atoms with van der Waals surface area (Å²) in [6, 6.07) is 7.47. The summed E-state index contributed by atoms with van der Waals surface area (Å²) in [4.78, 5) is 30.4. The van der Waals surface area contributed by atoms with E-state index in [0.717, 1.165) is 16.5 Å². The maximum Gasteiger partial charge on any atom is 0.332 e. The lowest BCUT2D eigenvalue weighted by molar-refractivity contribution is 0.654. The lowest BCUT2D eigenvalue weighted by atomic mass is 10.1. The van der Waals surface area contributed by atoms with Crippen LogP contribution in [0, 0.1) is 0 Å². The van der Waals surface area contributed by atoms with Gasteiger partial charge in [0.05, 0.1) is 18.3 Å². The molecule has 0 amide bonds. The van der Waals surface area contributed by atoms with E-state index in [1.165, 1.54) is 9.13 Å². The summed E-state index contributed by atoms with van der Waals surface area (Å²) in [6.45, 7) is 4.39. The van der Waals surface area contributed by atoms with Crippen molar-refractivity contribution in [3.05, 3.63) is 73.8 Å². The summed E-state index contributed by atoms with van der Waals surface area (Å²) in [7, 11) is 1.58. The molecule has 0 fully saturated rings. The third-order valence-corrected chi connectivity index (χ3v) is 5.11. The molecule has 0 N–H and O–H groups in total. The Morgan fingerprint density at radius 2 is 1.93 bits per heavy atom. The predicted octanol–water partition coefficient (Wildman–Crippen LogP) is 2.51. The Hall–Kier alpha value is -3.26. The van der Waals surface area contributed by atoms with Crippen LogP contribution in [0.3, 0.4) is 0 Å². The van der Waals surface area contributed by atoms with E-state index in [9.17, 15) is 9.59 Å². The molecule has 0 unspecified atom stereocenters. The van der Waals surface area contributed by atoms with Crippen LogP contribution >= 0.6 is 11.6 Å². The standard InChI is InChI=1S/C20H19ClN6O2/c1-12(2)8-9-26-16-17(23-19(26)21)25(3)20(29)27(18(16)28)11-13-10-22-24-15-7-5-4-6-14(13)15/h4-8,10H,9,11H2,1-3H3. The molecule has 0 aliphatic heterocycles. The van der Waals surface area contributed by atoms with Gasteiger partial charge in [0.15, 0.2) is 11.2 Å². The number of fused-ring (bicyclic) bond motifs is 2. The zero-order valence-electron chi connectivity index (χ0n) is 16.3. The third kappa shape index (κ3) is 3.25. The number of benzene rings is 1. The number of allylic oxidation sites excluding steroid dienone is 2. The lowest BCUT2D eigenvalue weighted by Gasteiger charge is -2.10. The largest absolute Gasteiger partial charge is 0.332 e. The first-order valence-corrected chi connectivity index (χ1v) is 9.44. The van der Waals surface area contributed by atoms with Gasteiger partial charge < -0.3 is 4.57 Å². The molecule has 0 bridgehead atoms. The molecule has 0 aliphatic rings. The first-order chi connectivity index (χ1) is 13.9. The van der Waals surface area contributed by atoms with Crippen LogP contribution in [-0.2, 0) is 20.1 Å². The minimum absolute atomic E-state index is 0.0723. The summed E-state index contributed by atoms with van der Waals surface area (Å²) < 4.78 is 4.15. The van der Waals surface area contributed by atoms with Gasteiger partial charge >= 0.3 is 5.69 Å². The van der Waals surface area contributed by atoms with Crippen molar-refractivity contribution in [3.63, 3.8) is 0 Å². The highest BCUT2D eigenvalue weighted by Gasteiger charge is 2.19. The van der Waals surface area contributed by atoms with Crippen molar-refractivity contribution >= 4 is 33.7 Å². The molecule has 0 radical (unpaired) electrons. The van der Waals surface area contributed by atoms with E-state index < -0.39 is 11.2 Å². The Bertz CT molecular complexity index is 1390. The average Bonchev–Trinajstić information content (AvgIpc) is 3.04. The van der Waals surface area contributed by atoms with Gasteiger partial charge in [0.25, 0.3) is 5.56 Å². The van der Waals surface area contributed by atoms with Gasteiger partial charge in [-0.3, -0.25) is 13.9 Å². The third-order valence-electron chi connectivity index (χ3n) is 4.83. The maximum absolute atomic E-state index is 13.3. The highest BCUT2D eigenvalue weighted by Crippen LogP contribution is 2.18. The normalized spacial score (nSPS) is 11.3. The molecule has 1 aromatic carbocycles. The van der Waals surface area contributed by atoms with E-state index in [1.54, 1.807) is 17.8 Å². The number of aryl methyl sites for hydroxylation is 1. The summed E-state index contributed by atoms with van der Waals surface area (Å²) in [5.74, 6) is 0. The molecule has 0 spiro atoms. The van der Waals surface area contributed by atoms with Crippen molar-refractivity contribution < 1.29 is 0 Å². The molecule has 4 rings (SSSR count). The molecule has 29 heavy (non-hydrogen) atoms. The lowest BCUT2D eigenvalue weighted by Crippen LogP contribution is -2.40. The van der Waals surface area contributed by atoms with E-state index in [2.05, 4.69) is 15.2 Å². The second-order valence-electron chi connectivity index (χ2n) is 7.06. The van der Waals surface area contributed by atoms with Crippen LogP contribution in [0.2, 0.25) is 5.28 Å². The zero-order chi connectivity index (χ0) is 20.7. The summed E-state index contributed by atoms with van der Waals surface area (Å²) in [5, 5.41) is 9.10. The van der Waals surface area contributed by atoms with Gasteiger partial charge in [-0.2, -0.15) is 15.2 Å². The van der Waals surface area contributed by atoms with E-state index in [0.29, 0.717) is 17.6 Å². The molecular formula is C20H19ClN6O2.